The Bertz CT molecular complexity index is 775. The maximum atomic E-state index is 12.2. The predicted molar refractivity (Wildman–Crippen MR) is 142 cm³/mol. The first kappa shape index (κ1) is 31.3. The van der Waals surface area contributed by atoms with E-state index in [2.05, 4.69) is 13.8 Å². The van der Waals surface area contributed by atoms with Crippen LogP contribution in [-0.4, -0.2) is 38.5 Å². The molecule has 0 saturated heterocycles. The highest BCUT2D eigenvalue weighted by Gasteiger charge is 2.33. The quantitative estimate of drug-likeness (QED) is 0.187. The molecule has 7 heteroatoms. The van der Waals surface area contributed by atoms with E-state index in [1.54, 1.807) is 4.57 Å². The molecule has 7 nitrogen and oxygen atoms in total. The second kappa shape index (κ2) is 16.1. The first-order chi connectivity index (χ1) is 16.7. The van der Waals surface area contributed by atoms with Crippen molar-refractivity contribution in [1.82, 2.24) is 9.13 Å². The molecule has 1 aromatic rings. The fraction of sp³-hybridized carbons (Fsp3) is 0.857. The third kappa shape index (κ3) is 9.32. The van der Waals surface area contributed by atoms with Gasteiger partial charge in [0.2, 0.25) is 5.88 Å². The van der Waals surface area contributed by atoms with Gasteiger partial charge in [0.15, 0.2) is 0 Å². The molecule has 204 valence electrons. The lowest BCUT2D eigenvalue weighted by atomic mass is 9.74. The highest BCUT2D eigenvalue weighted by Crippen LogP contribution is 2.38. The zero-order chi connectivity index (χ0) is 26.3. The van der Waals surface area contributed by atoms with Gasteiger partial charge in [0.05, 0.1) is 11.6 Å². The van der Waals surface area contributed by atoms with Crippen LogP contribution in [-0.2, 0) is 22.6 Å². The van der Waals surface area contributed by atoms with Gasteiger partial charge in [-0.15, -0.1) is 0 Å². The Morgan fingerprint density at radius 1 is 0.857 bits per heavy atom. The normalized spacial score (nSPS) is 12.4. The van der Waals surface area contributed by atoms with Gasteiger partial charge in [0.25, 0.3) is 0 Å². The molecule has 35 heavy (non-hydrogen) atoms. The molecule has 0 fully saturated rings. The molecule has 0 radical (unpaired) electrons. The van der Waals surface area contributed by atoms with Crippen molar-refractivity contribution in [3.8, 4) is 5.88 Å². The van der Waals surface area contributed by atoms with E-state index in [4.69, 9.17) is 4.74 Å². The number of hydrogen-bond donors (Lipinski definition) is 2. The Labute approximate surface area is 212 Å². The van der Waals surface area contributed by atoms with Gasteiger partial charge in [-0.1, -0.05) is 59.8 Å². The maximum absolute atomic E-state index is 12.2. The molecule has 0 saturated carbocycles. The van der Waals surface area contributed by atoms with Crippen LogP contribution in [0.5, 0.6) is 5.88 Å². The molecule has 0 aliphatic carbocycles. The summed E-state index contributed by atoms with van der Waals surface area (Å²) in [5.74, 6) is -0.604. The summed E-state index contributed by atoms with van der Waals surface area (Å²) in [7, 11) is 0. The SMILES string of the molecule is CCn1cc(O)n(CCCCC(CC)(CC)CCCCOCCCCC(CC)(CC)C(=O)O)c1=O. The number of hydrogen-bond acceptors (Lipinski definition) is 4. The number of carboxylic acid groups (broad SMARTS) is 1. The van der Waals surface area contributed by atoms with Crippen LogP contribution in [0.3, 0.4) is 0 Å². The van der Waals surface area contributed by atoms with Crippen molar-refractivity contribution in [1.29, 1.82) is 0 Å². The monoisotopic (exact) mass is 496 g/mol. The minimum absolute atomic E-state index is 0.0611. The number of unbranched alkanes of at least 4 members (excludes halogenated alkanes) is 3. The second-order valence-electron chi connectivity index (χ2n) is 10.2. The molecule has 0 atom stereocenters. The number of rotatable bonds is 21. The number of imidazole rings is 1. The Hall–Kier alpha value is -1.76. The van der Waals surface area contributed by atoms with Crippen LogP contribution >= 0.6 is 0 Å². The van der Waals surface area contributed by atoms with E-state index in [1.807, 2.05) is 20.8 Å². The van der Waals surface area contributed by atoms with Crippen LogP contribution in [0.4, 0.5) is 0 Å². The molecule has 0 aliphatic heterocycles. The molecule has 0 aliphatic rings. The topological polar surface area (TPSA) is 93.7 Å². The highest BCUT2D eigenvalue weighted by molar-refractivity contribution is 5.74. The lowest BCUT2D eigenvalue weighted by molar-refractivity contribution is -0.150. The number of carboxylic acids is 1. The Morgan fingerprint density at radius 3 is 1.86 bits per heavy atom. The van der Waals surface area contributed by atoms with Gasteiger partial charge >= 0.3 is 11.7 Å². The smallest absolute Gasteiger partial charge is 0.331 e. The standard InChI is InChI=1S/C28H52N2O5/c1-6-27(7-2,17-11-14-20-30-24(31)23-29(10-5)26(30)34)18-12-15-21-35-22-16-13-19-28(8-3,9-4)25(32)33/h23,31H,6-22H2,1-5H3,(H,32,33). The average molecular weight is 497 g/mol. The number of nitrogens with zero attached hydrogens (tertiary/aromatic N) is 2. The van der Waals surface area contributed by atoms with E-state index in [0.29, 0.717) is 38.0 Å². The van der Waals surface area contributed by atoms with Crippen molar-refractivity contribution in [3.63, 3.8) is 0 Å². The highest BCUT2D eigenvalue weighted by atomic mass is 16.5. The number of carbonyl (C=O) groups is 1. The van der Waals surface area contributed by atoms with Crippen molar-refractivity contribution in [2.24, 2.45) is 10.8 Å². The summed E-state index contributed by atoms with van der Waals surface area (Å²) in [6.45, 7) is 13.0. The van der Waals surface area contributed by atoms with Gasteiger partial charge in [-0.3, -0.25) is 13.9 Å². The molecule has 0 aromatic carbocycles. The van der Waals surface area contributed by atoms with Crippen LogP contribution in [0.15, 0.2) is 11.0 Å². The number of aryl methyl sites for hydroxylation is 1. The van der Waals surface area contributed by atoms with Crippen molar-refractivity contribution in [3.05, 3.63) is 16.7 Å². The molecule has 0 spiro atoms. The molecule has 0 amide bonds. The number of aliphatic carboxylic acids is 1. The lowest BCUT2D eigenvalue weighted by Crippen LogP contribution is -2.29. The summed E-state index contributed by atoms with van der Waals surface area (Å²) in [6, 6.07) is 0. The molecule has 2 N–H and O–H groups in total. The average Bonchev–Trinajstić information content (AvgIpc) is 3.14. The molecule has 1 rings (SSSR count). The van der Waals surface area contributed by atoms with Crippen LogP contribution in [0.25, 0.3) is 0 Å². The summed E-state index contributed by atoms with van der Waals surface area (Å²) in [5.41, 5.74) is -0.358. The maximum Gasteiger partial charge on any atom is 0.331 e. The molecule has 0 bridgehead atoms. The zero-order valence-corrected chi connectivity index (χ0v) is 23.1. The van der Waals surface area contributed by atoms with E-state index < -0.39 is 11.4 Å². The molecular formula is C28H52N2O5. The zero-order valence-electron chi connectivity index (χ0n) is 23.1. The Balaban J connectivity index is 2.27. The summed E-state index contributed by atoms with van der Waals surface area (Å²) in [5, 5.41) is 19.5. The van der Waals surface area contributed by atoms with E-state index in [9.17, 15) is 19.8 Å². The first-order valence-electron chi connectivity index (χ1n) is 14.0. The van der Waals surface area contributed by atoms with E-state index in [0.717, 1.165) is 70.8 Å². The van der Waals surface area contributed by atoms with Gasteiger partial charge in [0.1, 0.15) is 0 Å². The minimum atomic E-state index is -0.665. The van der Waals surface area contributed by atoms with Gasteiger partial charge in [0, 0.05) is 26.3 Å². The van der Waals surface area contributed by atoms with E-state index in [-0.39, 0.29) is 11.6 Å². The van der Waals surface area contributed by atoms with Crippen LogP contribution in [0.1, 0.15) is 118 Å². The van der Waals surface area contributed by atoms with E-state index >= 15 is 0 Å². The van der Waals surface area contributed by atoms with Crippen molar-refractivity contribution < 1.29 is 19.7 Å². The van der Waals surface area contributed by atoms with Crippen molar-refractivity contribution >= 4 is 5.97 Å². The predicted octanol–water partition coefficient (Wildman–Crippen LogP) is 6.60. The third-order valence-corrected chi connectivity index (χ3v) is 8.45. The molecule has 1 heterocycles. The molecule has 0 unspecified atom stereocenters. The second-order valence-corrected chi connectivity index (χ2v) is 10.2. The number of aromatic nitrogens is 2. The lowest BCUT2D eigenvalue weighted by Gasteiger charge is -2.32. The summed E-state index contributed by atoms with van der Waals surface area (Å²) in [4.78, 5) is 23.8. The van der Waals surface area contributed by atoms with Crippen LogP contribution in [0.2, 0.25) is 0 Å². The third-order valence-electron chi connectivity index (χ3n) is 8.45. The molecule has 1 aromatic heterocycles. The van der Waals surface area contributed by atoms with Crippen LogP contribution < -0.4 is 5.69 Å². The van der Waals surface area contributed by atoms with Gasteiger partial charge < -0.3 is 14.9 Å². The van der Waals surface area contributed by atoms with Gasteiger partial charge in [-0.2, -0.15) is 0 Å². The fourth-order valence-electron chi connectivity index (χ4n) is 5.29. The number of ether oxygens (including phenoxy) is 1. The minimum Gasteiger partial charge on any atom is -0.493 e. The van der Waals surface area contributed by atoms with Gasteiger partial charge in [-0.25, -0.2) is 4.79 Å². The van der Waals surface area contributed by atoms with Crippen molar-refractivity contribution in [2.45, 2.75) is 131 Å². The Morgan fingerprint density at radius 2 is 1.40 bits per heavy atom. The van der Waals surface area contributed by atoms with E-state index in [1.165, 1.54) is 17.2 Å². The van der Waals surface area contributed by atoms with Crippen molar-refractivity contribution in [2.75, 3.05) is 13.2 Å². The largest absolute Gasteiger partial charge is 0.493 e. The van der Waals surface area contributed by atoms with Gasteiger partial charge in [-0.05, 0) is 63.7 Å². The Kier molecular flexibility index (Phi) is 14.4. The summed E-state index contributed by atoms with van der Waals surface area (Å²) >= 11 is 0. The first-order valence-corrected chi connectivity index (χ1v) is 14.0. The molecular weight excluding hydrogens is 444 g/mol. The number of aromatic hydroxyl groups is 1. The fourth-order valence-corrected chi connectivity index (χ4v) is 5.29. The summed E-state index contributed by atoms with van der Waals surface area (Å²) < 4.78 is 8.85. The van der Waals surface area contributed by atoms with Crippen LogP contribution in [0, 0.1) is 10.8 Å². The summed E-state index contributed by atoms with van der Waals surface area (Å²) in [6.07, 6.45) is 14.2.